The van der Waals surface area contributed by atoms with Gasteiger partial charge in [0.05, 0.1) is 0 Å². The van der Waals surface area contributed by atoms with Gasteiger partial charge in [0.1, 0.15) is 0 Å². The molecule has 0 saturated carbocycles. The first-order valence-electron chi connectivity index (χ1n) is 6.49. The van der Waals surface area contributed by atoms with Crippen LogP contribution in [0.1, 0.15) is 18.9 Å². The van der Waals surface area contributed by atoms with Crippen molar-refractivity contribution < 1.29 is 4.79 Å². The van der Waals surface area contributed by atoms with Gasteiger partial charge in [-0.15, -0.1) is 0 Å². The standard InChI is InChI=1S/C14H22BrN3O/c1-4-17-10-11-5-6-12(9-13(11)15)18(3)8-7-14(19)16-2/h5-6,9,17H,4,7-8,10H2,1-3H3,(H,16,19). The molecule has 0 saturated heterocycles. The summed E-state index contributed by atoms with van der Waals surface area (Å²) in [4.78, 5) is 13.3. The predicted molar refractivity (Wildman–Crippen MR) is 83.5 cm³/mol. The Bertz CT molecular complexity index is 423. The molecule has 2 N–H and O–H groups in total. The number of rotatable bonds is 7. The minimum absolute atomic E-state index is 0.0645. The second-order valence-electron chi connectivity index (χ2n) is 4.40. The largest absolute Gasteiger partial charge is 0.374 e. The molecule has 0 aliphatic heterocycles. The van der Waals surface area contributed by atoms with Gasteiger partial charge in [-0.3, -0.25) is 4.79 Å². The molecular formula is C14H22BrN3O. The van der Waals surface area contributed by atoms with Crippen LogP contribution >= 0.6 is 15.9 Å². The van der Waals surface area contributed by atoms with E-state index in [1.807, 2.05) is 7.05 Å². The van der Waals surface area contributed by atoms with Gasteiger partial charge in [0.2, 0.25) is 5.91 Å². The Labute approximate surface area is 123 Å². The molecule has 1 amide bonds. The van der Waals surface area contributed by atoms with Gasteiger partial charge in [0.25, 0.3) is 0 Å². The average molecular weight is 328 g/mol. The third-order valence-corrected chi connectivity index (χ3v) is 3.73. The van der Waals surface area contributed by atoms with E-state index in [4.69, 9.17) is 0 Å². The van der Waals surface area contributed by atoms with Crippen LogP contribution in [-0.4, -0.2) is 33.1 Å². The van der Waals surface area contributed by atoms with Gasteiger partial charge in [-0.25, -0.2) is 0 Å². The van der Waals surface area contributed by atoms with Crippen molar-refractivity contribution in [3.8, 4) is 0 Å². The molecule has 4 nitrogen and oxygen atoms in total. The first kappa shape index (κ1) is 16.0. The first-order chi connectivity index (χ1) is 9.08. The summed E-state index contributed by atoms with van der Waals surface area (Å²) in [5.41, 5.74) is 2.35. The summed E-state index contributed by atoms with van der Waals surface area (Å²) in [7, 11) is 3.66. The number of hydrogen-bond donors (Lipinski definition) is 2. The first-order valence-corrected chi connectivity index (χ1v) is 7.28. The Kier molecular flexibility index (Phi) is 6.87. The number of hydrogen-bond acceptors (Lipinski definition) is 3. The van der Waals surface area contributed by atoms with E-state index in [1.54, 1.807) is 7.05 Å². The number of nitrogens with one attached hydrogen (secondary N) is 2. The van der Waals surface area contributed by atoms with Crippen LogP contribution in [-0.2, 0) is 11.3 Å². The van der Waals surface area contributed by atoms with Gasteiger partial charge in [-0.05, 0) is 24.2 Å². The number of halogens is 1. The molecule has 0 fully saturated rings. The number of benzene rings is 1. The summed E-state index contributed by atoms with van der Waals surface area (Å²) in [5.74, 6) is 0.0645. The van der Waals surface area contributed by atoms with Gasteiger partial charge in [-0.2, -0.15) is 0 Å². The van der Waals surface area contributed by atoms with Gasteiger partial charge in [-0.1, -0.05) is 28.9 Å². The number of nitrogens with zero attached hydrogens (tertiary/aromatic N) is 1. The highest BCUT2D eigenvalue weighted by molar-refractivity contribution is 9.10. The Morgan fingerprint density at radius 1 is 1.42 bits per heavy atom. The molecule has 0 atom stereocenters. The lowest BCUT2D eigenvalue weighted by atomic mass is 10.2. The van der Waals surface area contributed by atoms with Crippen LogP contribution in [0, 0.1) is 0 Å². The highest BCUT2D eigenvalue weighted by Crippen LogP contribution is 2.23. The van der Waals surface area contributed by atoms with Crippen molar-refractivity contribution in [2.24, 2.45) is 0 Å². The average Bonchev–Trinajstić information content (AvgIpc) is 2.42. The second-order valence-corrected chi connectivity index (χ2v) is 5.26. The molecule has 1 rings (SSSR count). The third kappa shape index (κ3) is 5.20. The fourth-order valence-electron chi connectivity index (χ4n) is 1.70. The quantitative estimate of drug-likeness (QED) is 0.806. The molecule has 0 aliphatic carbocycles. The number of anilines is 1. The third-order valence-electron chi connectivity index (χ3n) is 3.00. The maximum absolute atomic E-state index is 11.2. The van der Waals surface area contributed by atoms with Crippen molar-refractivity contribution in [2.75, 3.05) is 32.1 Å². The van der Waals surface area contributed by atoms with Crippen molar-refractivity contribution >= 4 is 27.5 Å². The summed E-state index contributed by atoms with van der Waals surface area (Å²) >= 11 is 3.59. The zero-order chi connectivity index (χ0) is 14.3. The molecule has 0 radical (unpaired) electrons. The lowest BCUT2D eigenvalue weighted by Crippen LogP contribution is -2.26. The van der Waals surface area contributed by atoms with Crippen LogP contribution in [0.2, 0.25) is 0 Å². The van der Waals surface area contributed by atoms with Gasteiger partial charge in [0.15, 0.2) is 0 Å². The molecule has 0 spiro atoms. The van der Waals surface area contributed by atoms with E-state index >= 15 is 0 Å². The predicted octanol–water partition coefficient (Wildman–Crippen LogP) is 2.13. The van der Waals surface area contributed by atoms with Crippen molar-refractivity contribution in [3.63, 3.8) is 0 Å². The molecule has 0 aromatic heterocycles. The summed E-state index contributed by atoms with van der Waals surface area (Å²) < 4.78 is 1.10. The fourth-order valence-corrected chi connectivity index (χ4v) is 2.21. The summed E-state index contributed by atoms with van der Waals surface area (Å²) in [6.45, 7) is 4.62. The molecule has 0 aliphatic rings. The summed E-state index contributed by atoms with van der Waals surface area (Å²) in [5, 5.41) is 5.94. The van der Waals surface area contributed by atoms with Crippen molar-refractivity contribution in [1.82, 2.24) is 10.6 Å². The van der Waals surface area contributed by atoms with Gasteiger partial charge in [0, 0.05) is 43.8 Å². The maximum atomic E-state index is 11.2. The van der Waals surface area contributed by atoms with E-state index in [-0.39, 0.29) is 5.91 Å². The highest BCUT2D eigenvalue weighted by atomic mass is 79.9. The molecule has 1 aromatic carbocycles. The van der Waals surface area contributed by atoms with Crippen molar-refractivity contribution in [3.05, 3.63) is 28.2 Å². The zero-order valence-electron chi connectivity index (χ0n) is 11.8. The van der Waals surface area contributed by atoms with E-state index in [0.29, 0.717) is 13.0 Å². The number of carbonyl (C=O) groups is 1. The highest BCUT2D eigenvalue weighted by Gasteiger charge is 2.06. The van der Waals surface area contributed by atoms with Crippen LogP contribution in [0.25, 0.3) is 0 Å². The van der Waals surface area contributed by atoms with Crippen molar-refractivity contribution in [1.29, 1.82) is 0 Å². The summed E-state index contributed by atoms with van der Waals surface area (Å²) in [6.07, 6.45) is 0.504. The van der Waals surface area contributed by atoms with Crippen LogP contribution in [0.15, 0.2) is 22.7 Å². The lowest BCUT2D eigenvalue weighted by Gasteiger charge is -2.20. The van der Waals surface area contributed by atoms with Crippen LogP contribution in [0.5, 0.6) is 0 Å². The minimum atomic E-state index is 0.0645. The second kappa shape index (κ2) is 8.17. The van der Waals surface area contributed by atoms with Gasteiger partial charge < -0.3 is 15.5 Å². The van der Waals surface area contributed by atoms with E-state index in [0.717, 1.165) is 23.2 Å². The molecule has 106 valence electrons. The number of amides is 1. The number of carbonyl (C=O) groups excluding carboxylic acids is 1. The lowest BCUT2D eigenvalue weighted by molar-refractivity contribution is -0.120. The normalized spacial score (nSPS) is 10.3. The van der Waals surface area contributed by atoms with E-state index in [2.05, 4.69) is 56.6 Å². The fraction of sp³-hybridized carbons (Fsp3) is 0.500. The Morgan fingerprint density at radius 3 is 2.74 bits per heavy atom. The maximum Gasteiger partial charge on any atom is 0.221 e. The Morgan fingerprint density at radius 2 is 2.16 bits per heavy atom. The topological polar surface area (TPSA) is 44.4 Å². The molecule has 5 heteroatoms. The molecule has 0 unspecified atom stereocenters. The van der Waals surface area contributed by atoms with Crippen molar-refractivity contribution in [2.45, 2.75) is 19.9 Å². The van der Waals surface area contributed by atoms with Gasteiger partial charge >= 0.3 is 0 Å². The van der Waals surface area contributed by atoms with E-state index in [9.17, 15) is 4.79 Å². The summed E-state index contributed by atoms with van der Waals surface area (Å²) in [6, 6.07) is 6.29. The van der Waals surface area contributed by atoms with Crippen LogP contribution in [0.3, 0.4) is 0 Å². The van der Waals surface area contributed by atoms with E-state index < -0.39 is 0 Å². The molecular weight excluding hydrogens is 306 g/mol. The smallest absolute Gasteiger partial charge is 0.221 e. The monoisotopic (exact) mass is 327 g/mol. The zero-order valence-corrected chi connectivity index (χ0v) is 13.4. The van der Waals surface area contributed by atoms with Crippen LogP contribution < -0.4 is 15.5 Å². The molecule has 19 heavy (non-hydrogen) atoms. The molecule has 0 bridgehead atoms. The Hall–Kier alpha value is -1.07. The SMILES string of the molecule is CCNCc1ccc(N(C)CCC(=O)NC)cc1Br. The molecule has 0 heterocycles. The molecule has 1 aromatic rings. The van der Waals surface area contributed by atoms with E-state index in [1.165, 1.54) is 5.56 Å². The van der Waals surface area contributed by atoms with Crippen LogP contribution in [0.4, 0.5) is 5.69 Å². The minimum Gasteiger partial charge on any atom is -0.374 e. The Balaban J connectivity index is 2.63.